The van der Waals surface area contributed by atoms with Crippen LogP contribution in [-0.4, -0.2) is 48.1 Å². The molecule has 2 N–H and O–H groups in total. The van der Waals surface area contributed by atoms with Gasteiger partial charge in [-0.05, 0) is 31.9 Å². The van der Waals surface area contributed by atoms with E-state index in [9.17, 15) is 0 Å². The maximum absolute atomic E-state index is 6.45. The van der Waals surface area contributed by atoms with Gasteiger partial charge < -0.3 is 5.73 Å². The predicted molar refractivity (Wildman–Crippen MR) is 79.0 cm³/mol. The van der Waals surface area contributed by atoms with Crippen molar-refractivity contribution in [1.82, 2.24) is 9.80 Å². The molecule has 3 rings (SSSR count). The summed E-state index contributed by atoms with van der Waals surface area (Å²) in [5, 5.41) is 0. The van der Waals surface area contributed by atoms with Gasteiger partial charge in [0, 0.05) is 37.8 Å². The van der Waals surface area contributed by atoms with Crippen LogP contribution < -0.4 is 5.73 Å². The van der Waals surface area contributed by atoms with Crippen LogP contribution in [0.2, 0.25) is 0 Å². The molecule has 104 valence electrons. The summed E-state index contributed by atoms with van der Waals surface area (Å²) in [5.41, 5.74) is 7.70. The van der Waals surface area contributed by atoms with Crippen molar-refractivity contribution in [2.75, 3.05) is 26.2 Å². The Balaban J connectivity index is 1.65. The zero-order chi connectivity index (χ0) is 13.2. The lowest BCUT2D eigenvalue weighted by atomic mass is 9.99. The molecule has 2 aliphatic rings. The van der Waals surface area contributed by atoms with Gasteiger partial charge in [0.2, 0.25) is 0 Å². The van der Waals surface area contributed by atoms with Crippen LogP contribution in [0.25, 0.3) is 0 Å². The highest BCUT2D eigenvalue weighted by Crippen LogP contribution is 2.25. The Morgan fingerprint density at radius 3 is 2.74 bits per heavy atom. The second kappa shape index (κ2) is 5.61. The molecule has 0 amide bonds. The average Bonchev–Trinajstić information content (AvgIpc) is 2.94. The average molecular weight is 259 g/mol. The largest absolute Gasteiger partial charge is 0.323 e. The Hall–Kier alpha value is -0.900. The Kier molecular flexibility index (Phi) is 3.87. The van der Waals surface area contributed by atoms with E-state index in [1.54, 1.807) is 0 Å². The number of hydrogen-bond acceptors (Lipinski definition) is 3. The van der Waals surface area contributed by atoms with Gasteiger partial charge in [0.05, 0.1) is 0 Å². The van der Waals surface area contributed by atoms with Crippen LogP contribution in [0.5, 0.6) is 0 Å². The van der Waals surface area contributed by atoms with Crippen LogP contribution in [0, 0.1) is 0 Å². The van der Waals surface area contributed by atoms with Crippen LogP contribution in [0.3, 0.4) is 0 Å². The summed E-state index contributed by atoms with van der Waals surface area (Å²) >= 11 is 0. The van der Waals surface area contributed by atoms with Crippen molar-refractivity contribution < 1.29 is 0 Å². The summed E-state index contributed by atoms with van der Waals surface area (Å²) in [6.45, 7) is 7.16. The molecule has 3 unspecified atom stereocenters. The highest BCUT2D eigenvalue weighted by molar-refractivity contribution is 5.20. The lowest BCUT2D eigenvalue weighted by Gasteiger charge is -2.42. The van der Waals surface area contributed by atoms with E-state index >= 15 is 0 Å². The lowest BCUT2D eigenvalue weighted by molar-refractivity contribution is 0.0682. The first-order chi connectivity index (χ1) is 9.25. The van der Waals surface area contributed by atoms with Gasteiger partial charge in [0.25, 0.3) is 0 Å². The van der Waals surface area contributed by atoms with Gasteiger partial charge in [-0.25, -0.2) is 0 Å². The van der Waals surface area contributed by atoms with E-state index in [0.717, 1.165) is 12.6 Å². The molecule has 0 spiro atoms. The molecule has 3 atom stereocenters. The number of fused-ring (bicyclic) bond motifs is 1. The van der Waals surface area contributed by atoms with Gasteiger partial charge in [0.15, 0.2) is 0 Å². The zero-order valence-corrected chi connectivity index (χ0v) is 11.8. The third-order valence-corrected chi connectivity index (χ3v) is 4.90. The fourth-order valence-corrected chi connectivity index (χ4v) is 3.57. The second-order valence-corrected chi connectivity index (χ2v) is 6.00. The molecule has 1 aromatic carbocycles. The molecule has 2 aliphatic heterocycles. The number of nitrogens with zero attached hydrogens (tertiary/aromatic N) is 2. The summed E-state index contributed by atoms with van der Waals surface area (Å²) in [6, 6.07) is 11.8. The maximum Gasteiger partial charge on any atom is 0.0450 e. The molecule has 0 aliphatic carbocycles. The smallest absolute Gasteiger partial charge is 0.0450 e. The van der Waals surface area contributed by atoms with E-state index in [0.29, 0.717) is 6.04 Å². The third-order valence-electron chi connectivity index (χ3n) is 4.90. The first kappa shape index (κ1) is 13.1. The standard InChI is InChI=1S/C16H25N3/c1-13(16(17)14-6-3-2-4-7-14)19-11-10-18-9-5-8-15(18)12-19/h2-4,6-7,13,15-16H,5,8-12,17H2,1H3. The molecule has 0 radical (unpaired) electrons. The minimum Gasteiger partial charge on any atom is -0.323 e. The number of rotatable bonds is 3. The van der Waals surface area contributed by atoms with Gasteiger partial charge in [-0.15, -0.1) is 0 Å². The molecule has 2 heterocycles. The summed E-state index contributed by atoms with van der Waals surface area (Å²) in [6.07, 6.45) is 2.74. The molecule has 19 heavy (non-hydrogen) atoms. The van der Waals surface area contributed by atoms with Crippen molar-refractivity contribution in [3.63, 3.8) is 0 Å². The molecule has 2 fully saturated rings. The summed E-state index contributed by atoms with van der Waals surface area (Å²) in [5.74, 6) is 0. The van der Waals surface area contributed by atoms with Gasteiger partial charge in [0.1, 0.15) is 0 Å². The Morgan fingerprint density at radius 1 is 1.16 bits per heavy atom. The van der Waals surface area contributed by atoms with E-state index in [-0.39, 0.29) is 6.04 Å². The van der Waals surface area contributed by atoms with E-state index < -0.39 is 0 Å². The minimum atomic E-state index is 0.120. The fraction of sp³-hybridized carbons (Fsp3) is 0.625. The molecule has 3 nitrogen and oxygen atoms in total. The lowest BCUT2D eigenvalue weighted by Crippen LogP contribution is -2.54. The number of piperazine rings is 1. The number of benzene rings is 1. The van der Waals surface area contributed by atoms with E-state index in [1.807, 2.05) is 0 Å². The van der Waals surface area contributed by atoms with Crippen molar-refractivity contribution in [1.29, 1.82) is 0 Å². The molecule has 0 aromatic heterocycles. The quantitative estimate of drug-likeness (QED) is 0.899. The van der Waals surface area contributed by atoms with Crippen LogP contribution in [0.4, 0.5) is 0 Å². The summed E-state index contributed by atoms with van der Waals surface area (Å²) in [7, 11) is 0. The monoisotopic (exact) mass is 259 g/mol. The van der Waals surface area contributed by atoms with Crippen LogP contribution in [0.15, 0.2) is 30.3 Å². The maximum atomic E-state index is 6.45. The van der Waals surface area contributed by atoms with Crippen LogP contribution in [-0.2, 0) is 0 Å². The SMILES string of the molecule is CC(C(N)c1ccccc1)N1CCN2CCCC2C1. The topological polar surface area (TPSA) is 32.5 Å². The van der Waals surface area contributed by atoms with E-state index in [2.05, 4.69) is 47.1 Å². The van der Waals surface area contributed by atoms with Gasteiger partial charge in [-0.1, -0.05) is 30.3 Å². The molecular formula is C16H25N3. The molecule has 2 saturated heterocycles. The van der Waals surface area contributed by atoms with Crippen molar-refractivity contribution in [2.45, 2.75) is 37.9 Å². The second-order valence-electron chi connectivity index (χ2n) is 6.00. The Morgan fingerprint density at radius 2 is 1.95 bits per heavy atom. The van der Waals surface area contributed by atoms with Crippen molar-refractivity contribution in [3.05, 3.63) is 35.9 Å². The van der Waals surface area contributed by atoms with Gasteiger partial charge >= 0.3 is 0 Å². The third kappa shape index (κ3) is 2.69. The first-order valence-corrected chi connectivity index (χ1v) is 7.54. The molecule has 1 aromatic rings. The predicted octanol–water partition coefficient (Wildman–Crippen LogP) is 1.85. The molecule has 0 saturated carbocycles. The summed E-state index contributed by atoms with van der Waals surface area (Å²) < 4.78 is 0. The van der Waals surface area contributed by atoms with Gasteiger partial charge in [-0.3, -0.25) is 9.80 Å². The molecule has 0 bridgehead atoms. The van der Waals surface area contributed by atoms with Crippen LogP contribution >= 0.6 is 0 Å². The normalized spacial score (nSPS) is 28.0. The Bertz CT molecular complexity index is 406. The highest BCUT2D eigenvalue weighted by Gasteiger charge is 2.33. The van der Waals surface area contributed by atoms with Crippen molar-refractivity contribution >= 4 is 0 Å². The highest BCUT2D eigenvalue weighted by atomic mass is 15.3. The van der Waals surface area contributed by atoms with Crippen molar-refractivity contribution in [3.8, 4) is 0 Å². The first-order valence-electron chi connectivity index (χ1n) is 7.54. The van der Waals surface area contributed by atoms with E-state index in [1.165, 1.54) is 38.0 Å². The molecule has 3 heteroatoms. The van der Waals surface area contributed by atoms with Gasteiger partial charge in [-0.2, -0.15) is 0 Å². The van der Waals surface area contributed by atoms with Crippen LogP contribution in [0.1, 0.15) is 31.4 Å². The minimum absolute atomic E-state index is 0.120. The molecular weight excluding hydrogens is 234 g/mol. The fourth-order valence-electron chi connectivity index (χ4n) is 3.57. The summed E-state index contributed by atoms with van der Waals surface area (Å²) in [4.78, 5) is 5.24. The Labute approximate surface area is 116 Å². The van der Waals surface area contributed by atoms with Crippen molar-refractivity contribution in [2.24, 2.45) is 5.73 Å². The number of nitrogens with two attached hydrogens (primary N) is 1. The zero-order valence-electron chi connectivity index (χ0n) is 11.8. The van der Waals surface area contributed by atoms with E-state index in [4.69, 9.17) is 5.73 Å². The number of hydrogen-bond donors (Lipinski definition) is 1.